The number of ether oxygens (including phenoxy) is 1. The van der Waals surface area contributed by atoms with Crippen molar-refractivity contribution in [2.45, 2.75) is 11.8 Å². The number of hydrogen-bond acceptors (Lipinski definition) is 6. The summed E-state index contributed by atoms with van der Waals surface area (Å²) in [7, 11) is -3.76. The van der Waals surface area contributed by atoms with E-state index in [1.54, 1.807) is 60.7 Å². The van der Waals surface area contributed by atoms with E-state index in [-0.39, 0.29) is 16.2 Å². The summed E-state index contributed by atoms with van der Waals surface area (Å²) in [6, 6.07) is 26.0. The number of hydrazone groups is 1. The summed E-state index contributed by atoms with van der Waals surface area (Å²) in [5, 5.41) is 3.98. The zero-order chi connectivity index (χ0) is 27.1. The van der Waals surface area contributed by atoms with E-state index in [0.29, 0.717) is 16.8 Å². The van der Waals surface area contributed by atoms with Crippen LogP contribution in [0.4, 0.5) is 5.69 Å². The highest BCUT2D eigenvalue weighted by molar-refractivity contribution is 9.10. The molecule has 0 saturated carbocycles. The summed E-state index contributed by atoms with van der Waals surface area (Å²) in [6.07, 6.45) is 1.36. The zero-order valence-electron chi connectivity index (χ0n) is 20.1. The first-order valence-corrected chi connectivity index (χ1v) is 13.6. The van der Waals surface area contributed by atoms with E-state index < -0.39 is 21.9 Å². The molecule has 0 unspecified atom stereocenters. The van der Waals surface area contributed by atoms with Gasteiger partial charge in [-0.3, -0.25) is 9.52 Å². The molecule has 0 saturated heterocycles. The molecule has 8 nitrogen and oxygen atoms in total. The quantitative estimate of drug-likeness (QED) is 0.121. The molecule has 0 aliphatic heterocycles. The van der Waals surface area contributed by atoms with Crippen LogP contribution in [0.2, 0.25) is 0 Å². The first kappa shape index (κ1) is 26.8. The summed E-state index contributed by atoms with van der Waals surface area (Å²) in [5.74, 6) is -0.762. The van der Waals surface area contributed by atoms with Gasteiger partial charge >= 0.3 is 5.97 Å². The van der Waals surface area contributed by atoms with Crippen LogP contribution in [0.25, 0.3) is 0 Å². The smallest absolute Gasteiger partial charge is 0.343 e. The van der Waals surface area contributed by atoms with Gasteiger partial charge in [-0.15, -0.1) is 0 Å². The normalized spacial score (nSPS) is 11.2. The number of hydrogen-bond donors (Lipinski definition) is 2. The lowest BCUT2D eigenvalue weighted by molar-refractivity contribution is 0.0734. The van der Waals surface area contributed by atoms with E-state index in [0.717, 1.165) is 10.0 Å². The second kappa shape index (κ2) is 11.8. The van der Waals surface area contributed by atoms with Crippen LogP contribution in [0, 0.1) is 6.92 Å². The predicted molar refractivity (Wildman–Crippen MR) is 149 cm³/mol. The van der Waals surface area contributed by atoms with Crippen LogP contribution < -0.4 is 14.9 Å². The molecule has 192 valence electrons. The number of rotatable bonds is 8. The molecular weight excluding hydrogens is 570 g/mol. The van der Waals surface area contributed by atoms with Crippen molar-refractivity contribution in [2.75, 3.05) is 4.72 Å². The second-order valence-corrected chi connectivity index (χ2v) is 10.7. The fraction of sp³-hybridized carbons (Fsp3) is 0.0357. The number of sulfonamides is 1. The number of anilines is 1. The van der Waals surface area contributed by atoms with Crippen molar-refractivity contribution >= 4 is 49.7 Å². The number of aryl methyl sites for hydroxylation is 1. The van der Waals surface area contributed by atoms with E-state index >= 15 is 0 Å². The third-order valence-corrected chi connectivity index (χ3v) is 7.17. The first-order chi connectivity index (χ1) is 18.2. The third kappa shape index (κ3) is 6.93. The van der Waals surface area contributed by atoms with Crippen LogP contribution in [0.5, 0.6) is 5.75 Å². The Balaban J connectivity index is 1.40. The molecule has 0 aliphatic carbocycles. The molecule has 38 heavy (non-hydrogen) atoms. The van der Waals surface area contributed by atoms with Crippen LogP contribution in [0.1, 0.15) is 31.8 Å². The molecule has 0 radical (unpaired) electrons. The van der Waals surface area contributed by atoms with Gasteiger partial charge in [0.05, 0.1) is 16.7 Å². The Morgan fingerprint density at radius 2 is 1.55 bits per heavy atom. The van der Waals surface area contributed by atoms with Gasteiger partial charge < -0.3 is 4.74 Å². The van der Waals surface area contributed by atoms with Crippen molar-refractivity contribution in [3.05, 3.63) is 124 Å². The van der Waals surface area contributed by atoms with Gasteiger partial charge in [0.2, 0.25) is 0 Å². The summed E-state index contributed by atoms with van der Waals surface area (Å²) >= 11 is 3.37. The number of esters is 1. The minimum absolute atomic E-state index is 0.139. The zero-order valence-corrected chi connectivity index (χ0v) is 22.5. The average Bonchev–Trinajstić information content (AvgIpc) is 2.91. The number of amides is 1. The van der Waals surface area contributed by atoms with E-state index in [4.69, 9.17) is 4.74 Å². The number of halogens is 1. The predicted octanol–water partition coefficient (Wildman–Crippen LogP) is 5.54. The molecule has 4 rings (SSSR count). The molecule has 0 bridgehead atoms. The van der Waals surface area contributed by atoms with Gasteiger partial charge in [-0.05, 0) is 73.7 Å². The maximum absolute atomic E-state index is 12.6. The van der Waals surface area contributed by atoms with Crippen molar-refractivity contribution < 1.29 is 22.7 Å². The molecule has 0 heterocycles. The van der Waals surface area contributed by atoms with Crippen molar-refractivity contribution in [1.82, 2.24) is 5.43 Å². The SMILES string of the molecule is Cc1ccc(S(=O)(=O)Nc2ccc(C(=O)N/N=C\c3cc(Br)ccc3OC(=O)c3ccccc3)cc2)cc1. The van der Waals surface area contributed by atoms with Gasteiger partial charge in [-0.2, -0.15) is 5.10 Å². The summed E-state index contributed by atoms with van der Waals surface area (Å²) < 4.78 is 33.8. The first-order valence-electron chi connectivity index (χ1n) is 11.3. The van der Waals surface area contributed by atoms with Gasteiger partial charge in [0.1, 0.15) is 5.75 Å². The topological polar surface area (TPSA) is 114 Å². The molecule has 0 aliphatic rings. The second-order valence-electron chi connectivity index (χ2n) is 8.13. The number of nitrogens with one attached hydrogen (secondary N) is 2. The molecule has 4 aromatic rings. The van der Waals surface area contributed by atoms with E-state index in [1.165, 1.54) is 42.6 Å². The molecule has 0 atom stereocenters. The third-order valence-electron chi connectivity index (χ3n) is 5.28. The van der Waals surface area contributed by atoms with E-state index in [9.17, 15) is 18.0 Å². The number of carbonyl (C=O) groups excluding carboxylic acids is 2. The highest BCUT2D eigenvalue weighted by Gasteiger charge is 2.15. The molecule has 1 amide bonds. The summed E-state index contributed by atoms with van der Waals surface area (Å²) in [5.41, 5.74) is 4.81. The van der Waals surface area contributed by atoms with Gasteiger partial charge in [0.15, 0.2) is 0 Å². The Labute approximate surface area is 228 Å². The van der Waals surface area contributed by atoms with E-state index in [1.807, 2.05) is 6.92 Å². The van der Waals surface area contributed by atoms with Crippen LogP contribution >= 0.6 is 15.9 Å². The van der Waals surface area contributed by atoms with E-state index in [2.05, 4.69) is 31.2 Å². The lowest BCUT2D eigenvalue weighted by atomic mass is 10.2. The number of benzene rings is 4. The fourth-order valence-electron chi connectivity index (χ4n) is 3.29. The molecular formula is C28H22BrN3O5S. The monoisotopic (exact) mass is 591 g/mol. The lowest BCUT2D eigenvalue weighted by Crippen LogP contribution is -2.18. The minimum Gasteiger partial charge on any atom is -0.422 e. The minimum atomic E-state index is -3.76. The Hall–Kier alpha value is -4.28. The Kier molecular flexibility index (Phi) is 8.35. The molecule has 0 fully saturated rings. The fourth-order valence-corrected chi connectivity index (χ4v) is 4.73. The van der Waals surface area contributed by atoms with Gasteiger partial charge in [-0.25, -0.2) is 18.6 Å². The molecule has 0 spiro atoms. The molecule has 10 heteroatoms. The Bertz CT molecular complexity index is 1590. The average molecular weight is 592 g/mol. The highest BCUT2D eigenvalue weighted by Crippen LogP contribution is 2.23. The van der Waals surface area contributed by atoms with Crippen molar-refractivity contribution in [3.63, 3.8) is 0 Å². The molecule has 4 aromatic carbocycles. The number of carbonyl (C=O) groups is 2. The van der Waals surface area contributed by atoms with Crippen molar-refractivity contribution in [1.29, 1.82) is 0 Å². The maximum atomic E-state index is 12.6. The van der Waals surface area contributed by atoms with Gasteiger partial charge in [0.25, 0.3) is 15.9 Å². The molecule has 2 N–H and O–H groups in total. The largest absolute Gasteiger partial charge is 0.422 e. The van der Waals surface area contributed by atoms with Crippen LogP contribution in [0.3, 0.4) is 0 Å². The van der Waals surface area contributed by atoms with Crippen LogP contribution in [-0.4, -0.2) is 26.5 Å². The standard InChI is InChI=1S/C28H22BrN3O5S/c1-19-7-14-25(15-8-19)38(35,36)32-24-12-9-20(10-13-24)27(33)31-30-18-22-17-23(29)11-16-26(22)37-28(34)21-5-3-2-4-6-21/h2-18,32H,1H3,(H,31,33)/b30-18-. The van der Waals surface area contributed by atoms with Crippen molar-refractivity contribution in [2.24, 2.45) is 5.10 Å². The van der Waals surface area contributed by atoms with Crippen molar-refractivity contribution in [3.8, 4) is 5.75 Å². The van der Waals surface area contributed by atoms with Crippen LogP contribution in [0.15, 0.2) is 112 Å². The summed E-state index contributed by atoms with van der Waals surface area (Å²) in [4.78, 5) is 25.1. The summed E-state index contributed by atoms with van der Waals surface area (Å²) in [6.45, 7) is 1.87. The van der Waals surface area contributed by atoms with Gasteiger partial charge in [0, 0.05) is 21.3 Å². The Morgan fingerprint density at radius 1 is 0.868 bits per heavy atom. The molecule has 0 aromatic heterocycles. The number of nitrogens with zero attached hydrogens (tertiary/aromatic N) is 1. The maximum Gasteiger partial charge on any atom is 0.343 e. The Morgan fingerprint density at radius 3 is 2.24 bits per heavy atom. The van der Waals surface area contributed by atoms with Crippen LogP contribution in [-0.2, 0) is 10.0 Å². The van der Waals surface area contributed by atoms with Gasteiger partial charge in [-0.1, -0.05) is 51.8 Å². The highest BCUT2D eigenvalue weighted by atomic mass is 79.9. The lowest BCUT2D eigenvalue weighted by Gasteiger charge is -2.09.